The number of nitrogens with one attached hydrogen (secondary N) is 1. The summed E-state index contributed by atoms with van der Waals surface area (Å²) in [5, 5.41) is 2.99. The number of carbonyl (C=O) groups excluding carboxylic acids is 3. The summed E-state index contributed by atoms with van der Waals surface area (Å²) in [4.78, 5) is 40.6. The Kier molecular flexibility index (Phi) is 5.97. The molecule has 6 nitrogen and oxygen atoms in total. The van der Waals surface area contributed by atoms with E-state index in [0.717, 1.165) is 37.7 Å². The Morgan fingerprint density at radius 2 is 1.93 bits per heavy atom. The quantitative estimate of drug-likeness (QED) is 0.753. The van der Waals surface area contributed by atoms with Gasteiger partial charge in [-0.2, -0.15) is 0 Å². The van der Waals surface area contributed by atoms with E-state index in [9.17, 15) is 14.4 Å². The smallest absolute Gasteiger partial charge is 0.251 e. The van der Waals surface area contributed by atoms with Crippen LogP contribution in [-0.2, 0) is 16.1 Å². The number of hydrogen-bond acceptors (Lipinski definition) is 3. The molecule has 0 spiro atoms. The molecule has 1 aromatic carbocycles. The lowest BCUT2D eigenvalue weighted by molar-refractivity contribution is -0.154. The summed E-state index contributed by atoms with van der Waals surface area (Å²) in [6.07, 6.45) is 9.74. The summed E-state index contributed by atoms with van der Waals surface area (Å²) in [6.45, 7) is 1.91. The van der Waals surface area contributed by atoms with Gasteiger partial charge >= 0.3 is 0 Å². The minimum Gasteiger partial charge on any atom is -0.352 e. The van der Waals surface area contributed by atoms with Gasteiger partial charge in [0.05, 0.1) is 0 Å². The van der Waals surface area contributed by atoms with Crippen LogP contribution in [0, 0.1) is 0 Å². The van der Waals surface area contributed by atoms with Crippen molar-refractivity contribution in [2.45, 2.75) is 57.5 Å². The first-order chi connectivity index (χ1) is 14.1. The van der Waals surface area contributed by atoms with Gasteiger partial charge in [0.1, 0.15) is 12.6 Å². The lowest BCUT2D eigenvalue weighted by Crippen LogP contribution is -2.56. The van der Waals surface area contributed by atoms with Gasteiger partial charge in [-0.05, 0) is 62.6 Å². The lowest BCUT2D eigenvalue weighted by Gasteiger charge is -2.36. The number of amides is 3. The first-order valence-corrected chi connectivity index (χ1v) is 10.7. The van der Waals surface area contributed by atoms with E-state index >= 15 is 0 Å². The third-order valence-electron chi connectivity index (χ3n) is 6.20. The molecule has 0 radical (unpaired) electrons. The molecule has 2 aliphatic heterocycles. The van der Waals surface area contributed by atoms with Gasteiger partial charge in [0, 0.05) is 25.2 Å². The van der Waals surface area contributed by atoms with Gasteiger partial charge in [0.25, 0.3) is 5.91 Å². The zero-order chi connectivity index (χ0) is 20.2. The number of allylic oxidation sites excluding steroid dienone is 1. The number of hydrogen-bond donors (Lipinski definition) is 1. The lowest BCUT2D eigenvalue weighted by atomic mass is 9.97. The number of piperazine rings is 1. The Hall–Kier alpha value is -2.63. The largest absolute Gasteiger partial charge is 0.352 e. The molecule has 1 aromatic rings. The number of benzene rings is 1. The van der Waals surface area contributed by atoms with Crippen molar-refractivity contribution in [3.63, 3.8) is 0 Å². The van der Waals surface area contributed by atoms with Crippen molar-refractivity contribution in [2.75, 3.05) is 19.6 Å². The highest BCUT2D eigenvalue weighted by atomic mass is 16.2. The van der Waals surface area contributed by atoms with Crippen LogP contribution >= 0.6 is 0 Å². The van der Waals surface area contributed by atoms with Gasteiger partial charge in [-0.25, -0.2) is 0 Å². The molecule has 1 atom stereocenters. The minimum absolute atomic E-state index is 0.0381. The summed E-state index contributed by atoms with van der Waals surface area (Å²) in [5.74, 6) is 0.0101. The van der Waals surface area contributed by atoms with Crippen LogP contribution in [0.15, 0.2) is 35.9 Å². The van der Waals surface area contributed by atoms with Crippen LogP contribution in [0.25, 0.3) is 0 Å². The zero-order valence-corrected chi connectivity index (χ0v) is 16.9. The highest BCUT2D eigenvalue weighted by Crippen LogP contribution is 2.25. The van der Waals surface area contributed by atoms with Crippen LogP contribution in [0.2, 0.25) is 0 Å². The predicted octanol–water partition coefficient (Wildman–Crippen LogP) is 2.64. The molecule has 4 rings (SSSR count). The highest BCUT2D eigenvalue weighted by Gasteiger charge is 2.41. The average Bonchev–Trinajstić information content (AvgIpc) is 3.24. The van der Waals surface area contributed by atoms with Gasteiger partial charge in [0.2, 0.25) is 11.8 Å². The van der Waals surface area contributed by atoms with Crippen molar-refractivity contribution in [3.8, 4) is 0 Å². The maximum absolute atomic E-state index is 12.6. The Morgan fingerprint density at radius 3 is 2.69 bits per heavy atom. The molecule has 2 heterocycles. The molecule has 29 heavy (non-hydrogen) atoms. The second-order valence-electron chi connectivity index (χ2n) is 8.25. The van der Waals surface area contributed by atoms with Crippen molar-refractivity contribution in [1.82, 2.24) is 15.1 Å². The Labute approximate surface area is 171 Å². The maximum Gasteiger partial charge on any atom is 0.251 e. The molecule has 2 fully saturated rings. The van der Waals surface area contributed by atoms with E-state index < -0.39 is 0 Å². The average molecular weight is 396 g/mol. The Morgan fingerprint density at radius 1 is 1.10 bits per heavy atom. The fourth-order valence-electron chi connectivity index (χ4n) is 4.55. The van der Waals surface area contributed by atoms with E-state index in [1.165, 1.54) is 18.4 Å². The molecule has 0 unspecified atom stereocenters. The van der Waals surface area contributed by atoms with E-state index in [0.29, 0.717) is 25.2 Å². The zero-order valence-electron chi connectivity index (χ0n) is 16.9. The number of carbonyl (C=O) groups is 3. The third kappa shape index (κ3) is 4.52. The fourth-order valence-corrected chi connectivity index (χ4v) is 4.55. The second-order valence-corrected chi connectivity index (χ2v) is 8.25. The summed E-state index contributed by atoms with van der Waals surface area (Å²) in [6, 6.07) is 7.06. The molecule has 1 N–H and O–H groups in total. The van der Waals surface area contributed by atoms with Gasteiger partial charge < -0.3 is 15.1 Å². The molecular formula is C23H29N3O3. The fraction of sp³-hybridized carbons (Fsp3) is 0.522. The minimum atomic E-state index is -0.277. The standard InChI is InChI=1S/C23H29N3O3/c27-21-16-25(23(29)20-7-4-14-26(20)21)15-18-8-10-19(11-9-18)22(28)24-13-12-17-5-2-1-3-6-17/h5,8-11,20H,1-4,6-7,12-16H2,(H,24,28)/t20-/m0/s1. The van der Waals surface area contributed by atoms with Gasteiger partial charge in [-0.15, -0.1) is 0 Å². The van der Waals surface area contributed by atoms with Crippen molar-refractivity contribution in [1.29, 1.82) is 0 Å². The van der Waals surface area contributed by atoms with Crippen LogP contribution in [0.5, 0.6) is 0 Å². The van der Waals surface area contributed by atoms with E-state index in [1.807, 2.05) is 12.1 Å². The number of nitrogens with zero attached hydrogens (tertiary/aromatic N) is 2. The normalized spacial score (nSPS) is 21.8. The summed E-state index contributed by atoms with van der Waals surface area (Å²) in [7, 11) is 0. The van der Waals surface area contributed by atoms with Crippen LogP contribution in [0.1, 0.15) is 60.9 Å². The Bertz CT molecular complexity index is 815. The number of rotatable bonds is 6. The molecule has 1 aliphatic carbocycles. The van der Waals surface area contributed by atoms with E-state index in [2.05, 4.69) is 11.4 Å². The van der Waals surface area contributed by atoms with E-state index in [4.69, 9.17) is 0 Å². The van der Waals surface area contributed by atoms with Crippen molar-refractivity contribution in [2.24, 2.45) is 0 Å². The van der Waals surface area contributed by atoms with Crippen molar-refractivity contribution < 1.29 is 14.4 Å². The second kappa shape index (κ2) is 8.80. The monoisotopic (exact) mass is 395 g/mol. The molecule has 2 saturated heterocycles. The van der Waals surface area contributed by atoms with Crippen LogP contribution in [0.3, 0.4) is 0 Å². The highest BCUT2D eigenvalue weighted by molar-refractivity contribution is 5.95. The number of fused-ring (bicyclic) bond motifs is 1. The first kappa shape index (κ1) is 19.7. The van der Waals surface area contributed by atoms with Crippen molar-refractivity contribution in [3.05, 3.63) is 47.0 Å². The summed E-state index contributed by atoms with van der Waals surface area (Å²) >= 11 is 0. The maximum atomic E-state index is 12.6. The Balaban J connectivity index is 1.29. The first-order valence-electron chi connectivity index (χ1n) is 10.7. The molecule has 0 bridgehead atoms. The summed E-state index contributed by atoms with van der Waals surface area (Å²) < 4.78 is 0. The third-order valence-corrected chi connectivity index (χ3v) is 6.20. The van der Waals surface area contributed by atoms with Gasteiger partial charge in [0.15, 0.2) is 0 Å². The van der Waals surface area contributed by atoms with Crippen LogP contribution in [0.4, 0.5) is 0 Å². The molecule has 6 heteroatoms. The van der Waals surface area contributed by atoms with Crippen LogP contribution < -0.4 is 5.32 Å². The molecular weight excluding hydrogens is 366 g/mol. The molecule has 0 saturated carbocycles. The van der Waals surface area contributed by atoms with Gasteiger partial charge in [-0.1, -0.05) is 23.8 Å². The molecule has 0 aromatic heterocycles. The predicted molar refractivity (Wildman–Crippen MR) is 110 cm³/mol. The molecule has 3 aliphatic rings. The van der Waals surface area contributed by atoms with Crippen molar-refractivity contribution >= 4 is 17.7 Å². The van der Waals surface area contributed by atoms with Gasteiger partial charge in [-0.3, -0.25) is 14.4 Å². The molecule has 3 amide bonds. The SMILES string of the molecule is O=C(NCCC1=CCCCC1)c1ccc(CN2CC(=O)N3CCC[C@H]3C2=O)cc1. The topological polar surface area (TPSA) is 69.7 Å². The molecule has 154 valence electrons. The van der Waals surface area contributed by atoms with Crippen LogP contribution in [-0.4, -0.2) is 53.2 Å². The van der Waals surface area contributed by atoms with E-state index in [1.54, 1.807) is 21.9 Å². The van der Waals surface area contributed by atoms with E-state index in [-0.39, 0.29) is 30.3 Å². The summed E-state index contributed by atoms with van der Waals surface area (Å²) in [5.41, 5.74) is 3.00.